The second-order valence-electron chi connectivity index (χ2n) is 6.71. The van der Waals surface area contributed by atoms with E-state index in [9.17, 15) is 4.79 Å². The fourth-order valence-corrected chi connectivity index (χ4v) is 3.24. The van der Waals surface area contributed by atoms with Crippen LogP contribution in [0.5, 0.6) is 11.5 Å². The van der Waals surface area contributed by atoms with Crippen molar-refractivity contribution in [2.24, 2.45) is 0 Å². The van der Waals surface area contributed by atoms with E-state index in [-0.39, 0.29) is 18.1 Å². The lowest BCUT2D eigenvalue weighted by atomic mass is 10.1. The Morgan fingerprint density at radius 1 is 1.19 bits per heavy atom. The summed E-state index contributed by atoms with van der Waals surface area (Å²) in [7, 11) is 1.61. The van der Waals surface area contributed by atoms with Crippen molar-refractivity contribution in [3.05, 3.63) is 65.2 Å². The number of carbonyl (C=O) groups is 1. The summed E-state index contributed by atoms with van der Waals surface area (Å²) in [6.07, 6.45) is 5.40. The highest BCUT2D eigenvalue weighted by molar-refractivity contribution is 5.92. The fraction of sp³-hybridized carbons (Fsp3) is 0.318. The Morgan fingerprint density at radius 3 is 2.77 bits per heavy atom. The Hall–Kier alpha value is -2.75. The standard InChI is InChI=1S/C22H25NO3/c1-15(2)26-20-12-8-16(14-21(20)25-3)9-13-22(24)23-19-11-10-17-6-4-5-7-18(17)19/h4-9,12-15,19H,10-11H2,1-3H3,(H,23,24)/b13-9+. The first kappa shape index (κ1) is 18.1. The lowest BCUT2D eigenvalue weighted by molar-refractivity contribution is -0.117. The second kappa shape index (κ2) is 8.09. The molecule has 136 valence electrons. The molecule has 2 aromatic carbocycles. The Balaban J connectivity index is 1.65. The molecule has 0 heterocycles. The number of carbonyl (C=O) groups excluding carboxylic acids is 1. The van der Waals surface area contributed by atoms with Gasteiger partial charge in [-0.1, -0.05) is 30.3 Å². The normalized spacial score (nSPS) is 15.9. The summed E-state index contributed by atoms with van der Waals surface area (Å²) in [6, 6.07) is 14.0. The van der Waals surface area contributed by atoms with Gasteiger partial charge in [0.25, 0.3) is 0 Å². The quantitative estimate of drug-likeness (QED) is 0.790. The maximum atomic E-state index is 12.3. The predicted octanol–water partition coefficient (Wildman–Crippen LogP) is 4.30. The van der Waals surface area contributed by atoms with Crippen molar-refractivity contribution in [2.75, 3.05) is 7.11 Å². The molecule has 0 spiro atoms. The molecule has 4 heteroatoms. The maximum Gasteiger partial charge on any atom is 0.244 e. The van der Waals surface area contributed by atoms with E-state index in [0.29, 0.717) is 11.5 Å². The van der Waals surface area contributed by atoms with Gasteiger partial charge >= 0.3 is 0 Å². The van der Waals surface area contributed by atoms with E-state index in [1.165, 1.54) is 11.1 Å². The number of hydrogen-bond acceptors (Lipinski definition) is 3. The summed E-state index contributed by atoms with van der Waals surface area (Å²) < 4.78 is 11.1. The van der Waals surface area contributed by atoms with Gasteiger partial charge in [0.1, 0.15) is 0 Å². The number of rotatable bonds is 6. The molecule has 0 bridgehead atoms. The van der Waals surface area contributed by atoms with Gasteiger partial charge in [-0.15, -0.1) is 0 Å². The highest BCUT2D eigenvalue weighted by atomic mass is 16.5. The van der Waals surface area contributed by atoms with E-state index < -0.39 is 0 Å². The molecule has 0 radical (unpaired) electrons. The Labute approximate surface area is 154 Å². The number of fused-ring (bicyclic) bond motifs is 1. The van der Waals surface area contributed by atoms with Crippen molar-refractivity contribution >= 4 is 12.0 Å². The Kier molecular flexibility index (Phi) is 5.61. The third-order valence-corrected chi connectivity index (χ3v) is 4.43. The molecule has 0 saturated heterocycles. The van der Waals surface area contributed by atoms with Crippen molar-refractivity contribution in [3.8, 4) is 11.5 Å². The van der Waals surface area contributed by atoms with Gasteiger partial charge in [-0.25, -0.2) is 0 Å². The predicted molar refractivity (Wildman–Crippen MR) is 103 cm³/mol. The van der Waals surface area contributed by atoms with Crippen LogP contribution in [0.15, 0.2) is 48.5 Å². The van der Waals surface area contributed by atoms with E-state index in [1.807, 2.05) is 44.2 Å². The van der Waals surface area contributed by atoms with Gasteiger partial charge in [-0.05, 0) is 61.6 Å². The third-order valence-electron chi connectivity index (χ3n) is 4.43. The number of hydrogen-bond donors (Lipinski definition) is 1. The van der Waals surface area contributed by atoms with E-state index in [2.05, 4.69) is 17.4 Å². The molecule has 1 N–H and O–H groups in total. The molecular formula is C22H25NO3. The highest BCUT2D eigenvalue weighted by Crippen LogP contribution is 2.31. The molecule has 2 aromatic rings. The van der Waals surface area contributed by atoms with E-state index in [1.54, 1.807) is 19.3 Å². The number of aryl methyl sites for hydroxylation is 1. The number of ether oxygens (including phenoxy) is 2. The molecule has 1 amide bonds. The topological polar surface area (TPSA) is 47.6 Å². The average Bonchev–Trinajstić information content (AvgIpc) is 3.03. The summed E-state index contributed by atoms with van der Waals surface area (Å²) in [6.45, 7) is 3.94. The van der Waals surface area contributed by atoms with Crippen LogP contribution in [-0.4, -0.2) is 19.1 Å². The smallest absolute Gasteiger partial charge is 0.244 e. The van der Waals surface area contributed by atoms with Crippen LogP contribution in [0, 0.1) is 0 Å². The molecule has 0 aliphatic heterocycles. The van der Waals surface area contributed by atoms with Gasteiger partial charge in [0.2, 0.25) is 5.91 Å². The average molecular weight is 351 g/mol. The zero-order valence-electron chi connectivity index (χ0n) is 15.5. The number of benzene rings is 2. The van der Waals surface area contributed by atoms with Crippen molar-refractivity contribution < 1.29 is 14.3 Å². The SMILES string of the molecule is COc1cc(/C=C/C(=O)NC2CCc3ccccc32)ccc1OC(C)C. The second-order valence-corrected chi connectivity index (χ2v) is 6.71. The van der Waals surface area contributed by atoms with Gasteiger partial charge < -0.3 is 14.8 Å². The van der Waals surface area contributed by atoms with Crippen LogP contribution in [0.4, 0.5) is 0 Å². The van der Waals surface area contributed by atoms with Crippen LogP contribution in [0.1, 0.15) is 43.0 Å². The monoisotopic (exact) mass is 351 g/mol. The third kappa shape index (κ3) is 4.26. The number of methoxy groups -OCH3 is 1. The molecule has 3 rings (SSSR count). The van der Waals surface area contributed by atoms with Gasteiger partial charge in [0.05, 0.1) is 19.3 Å². The summed E-state index contributed by atoms with van der Waals surface area (Å²) in [4.78, 5) is 12.3. The van der Waals surface area contributed by atoms with Crippen LogP contribution in [0.25, 0.3) is 6.08 Å². The van der Waals surface area contributed by atoms with Crippen molar-refractivity contribution in [2.45, 2.75) is 38.8 Å². The van der Waals surface area contributed by atoms with Crippen LogP contribution in [-0.2, 0) is 11.2 Å². The minimum absolute atomic E-state index is 0.0744. The fourth-order valence-electron chi connectivity index (χ4n) is 3.24. The van der Waals surface area contributed by atoms with Gasteiger partial charge in [-0.3, -0.25) is 4.79 Å². The minimum atomic E-state index is -0.0897. The zero-order chi connectivity index (χ0) is 18.5. The molecule has 1 aliphatic rings. The maximum absolute atomic E-state index is 12.3. The first-order valence-corrected chi connectivity index (χ1v) is 8.98. The molecule has 26 heavy (non-hydrogen) atoms. The molecule has 0 aromatic heterocycles. The highest BCUT2D eigenvalue weighted by Gasteiger charge is 2.22. The van der Waals surface area contributed by atoms with Gasteiger partial charge in [0, 0.05) is 6.08 Å². The lowest BCUT2D eigenvalue weighted by Gasteiger charge is -2.14. The van der Waals surface area contributed by atoms with Crippen LogP contribution in [0.2, 0.25) is 0 Å². The molecule has 0 saturated carbocycles. The van der Waals surface area contributed by atoms with Crippen LogP contribution < -0.4 is 14.8 Å². The minimum Gasteiger partial charge on any atom is -0.493 e. The molecule has 0 fully saturated rings. The molecule has 1 unspecified atom stereocenters. The van der Waals surface area contributed by atoms with E-state index in [0.717, 1.165) is 18.4 Å². The lowest BCUT2D eigenvalue weighted by Crippen LogP contribution is -2.25. The Bertz CT molecular complexity index is 811. The Morgan fingerprint density at radius 2 is 2.00 bits per heavy atom. The van der Waals surface area contributed by atoms with Gasteiger partial charge in [-0.2, -0.15) is 0 Å². The van der Waals surface area contributed by atoms with Crippen LogP contribution >= 0.6 is 0 Å². The van der Waals surface area contributed by atoms with Crippen molar-refractivity contribution in [1.82, 2.24) is 5.32 Å². The van der Waals surface area contributed by atoms with Crippen molar-refractivity contribution in [1.29, 1.82) is 0 Å². The van der Waals surface area contributed by atoms with Gasteiger partial charge in [0.15, 0.2) is 11.5 Å². The zero-order valence-corrected chi connectivity index (χ0v) is 15.5. The summed E-state index contributed by atoms with van der Waals surface area (Å²) in [5, 5.41) is 3.09. The van der Waals surface area contributed by atoms with Crippen LogP contribution in [0.3, 0.4) is 0 Å². The summed E-state index contributed by atoms with van der Waals surface area (Å²) >= 11 is 0. The van der Waals surface area contributed by atoms with E-state index >= 15 is 0 Å². The van der Waals surface area contributed by atoms with Crippen molar-refractivity contribution in [3.63, 3.8) is 0 Å². The molecule has 1 atom stereocenters. The number of nitrogens with one attached hydrogen (secondary N) is 1. The van der Waals surface area contributed by atoms with E-state index in [4.69, 9.17) is 9.47 Å². The summed E-state index contributed by atoms with van der Waals surface area (Å²) in [5.41, 5.74) is 3.44. The largest absolute Gasteiger partial charge is 0.493 e. The molecule has 4 nitrogen and oxygen atoms in total. The number of amides is 1. The summed E-state index contributed by atoms with van der Waals surface area (Å²) in [5.74, 6) is 1.27. The first-order valence-electron chi connectivity index (χ1n) is 8.98. The molecule has 1 aliphatic carbocycles. The first-order chi connectivity index (χ1) is 12.6. The molecular weight excluding hydrogens is 326 g/mol.